The van der Waals surface area contributed by atoms with Gasteiger partial charge in [-0.2, -0.15) is 5.26 Å². The Morgan fingerprint density at radius 2 is 2.15 bits per heavy atom. The first kappa shape index (κ1) is 15.6. The molecular formula is C11H16N4O2S3. The molecule has 0 spiro atoms. The smallest absolute Gasteiger partial charge is 0.208 e. The fraction of sp³-hybridized carbons (Fsp3) is 0.636. The minimum absolute atomic E-state index is 0.0227. The van der Waals surface area contributed by atoms with E-state index < -0.39 is 10.0 Å². The summed E-state index contributed by atoms with van der Waals surface area (Å²) in [6.07, 6.45) is 4.57. The maximum Gasteiger partial charge on any atom is 0.208 e. The van der Waals surface area contributed by atoms with Crippen LogP contribution in [0, 0.1) is 11.3 Å². The SMILES string of the molecule is CSc1nc(N2CCC(NS(C)(=O)=O)CC2)c(C#N)s1. The third kappa shape index (κ3) is 3.85. The zero-order valence-corrected chi connectivity index (χ0v) is 13.7. The molecule has 6 nitrogen and oxygen atoms in total. The monoisotopic (exact) mass is 332 g/mol. The Labute approximate surface area is 127 Å². The Morgan fingerprint density at radius 1 is 1.50 bits per heavy atom. The Bertz CT molecular complexity index is 612. The Balaban J connectivity index is 2.04. The largest absolute Gasteiger partial charge is 0.355 e. The van der Waals surface area contributed by atoms with E-state index >= 15 is 0 Å². The highest BCUT2D eigenvalue weighted by Gasteiger charge is 2.25. The van der Waals surface area contributed by atoms with E-state index in [1.165, 1.54) is 29.4 Å². The molecule has 20 heavy (non-hydrogen) atoms. The molecule has 0 radical (unpaired) electrons. The summed E-state index contributed by atoms with van der Waals surface area (Å²) in [5.41, 5.74) is 0. The van der Waals surface area contributed by atoms with Crippen LogP contribution in [0.3, 0.4) is 0 Å². The molecule has 0 saturated carbocycles. The lowest BCUT2D eigenvalue weighted by molar-refractivity contribution is 0.460. The minimum atomic E-state index is -3.16. The summed E-state index contributed by atoms with van der Waals surface area (Å²) in [5.74, 6) is 0.736. The van der Waals surface area contributed by atoms with E-state index in [0.29, 0.717) is 18.0 Å². The van der Waals surface area contributed by atoms with E-state index in [1.807, 2.05) is 6.26 Å². The molecule has 0 unspecified atom stereocenters. The van der Waals surface area contributed by atoms with Gasteiger partial charge in [-0.05, 0) is 19.1 Å². The van der Waals surface area contributed by atoms with Gasteiger partial charge < -0.3 is 4.90 Å². The topological polar surface area (TPSA) is 86.1 Å². The van der Waals surface area contributed by atoms with Gasteiger partial charge in [0.05, 0.1) is 6.26 Å². The lowest BCUT2D eigenvalue weighted by atomic mass is 10.1. The van der Waals surface area contributed by atoms with Crippen LogP contribution in [0.15, 0.2) is 4.34 Å². The first-order valence-electron chi connectivity index (χ1n) is 6.10. The van der Waals surface area contributed by atoms with Gasteiger partial charge in [-0.15, -0.1) is 0 Å². The van der Waals surface area contributed by atoms with Crippen LogP contribution in [-0.2, 0) is 10.0 Å². The van der Waals surface area contributed by atoms with E-state index in [0.717, 1.165) is 23.0 Å². The van der Waals surface area contributed by atoms with Crippen molar-refractivity contribution in [1.29, 1.82) is 5.26 Å². The van der Waals surface area contributed by atoms with E-state index in [9.17, 15) is 8.42 Å². The summed E-state index contributed by atoms with van der Waals surface area (Å²) in [6, 6.07) is 2.16. The van der Waals surface area contributed by atoms with Gasteiger partial charge in [0.1, 0.15) is 10.9 Å². The van der Waals surface area contributed by atoms with E-state index in [2.05, 4.69) is 20.7 Å². The maximum atomic E-state index is 11.2. The standard InChI is InChI=1S/C11H16N4O2S3/c1-18-11-13-10(9(7-12)19-11)15-5-3-8(4-6-15)14-20(2,16)17/h8,14H,3-6H2,1-2H3. The molecule has 1 aliphatic heterocycles. The van der Waals surface area contributed by atoms with Crippen molar-refractivity contribution in [3.63, 3.8) is 0 Å². The number of thiazole rings is 1. The quantitative estimate of drug-likeness (QED) is 0.835. The minimum Gasteiger partial charge on any atom is -0.355 e. The molecule has 0 aliphatic carbocycles. The van der Waals surface area contributed by atoms with Crippen LogP contribution in [0.2, 0.25) is 0 Å². The number of sulfonamides is 1. The van der Waals surface area contributed by atoms with Crippen LogP contribution < -0.4 is 9.62 Å². The van der Waals surface area contributed by atoms with Crippen molar-refractivity contribution >= 4 is 38.9 Å². The molecule has 0 amide bonds. The van der Waals surface area contributed by atoms with Crippen molar-refractivity contribution in [2.45, 2.75) is 23.2 Å². The molecule has 1 aromatic heterocycles. The number of thioether (sulfide) groups is 1. The van der Waals surface area contributed by atoms with Gasteiger partial charge in [-0.3, -0.25) is 0 Å². The Kier molecular flexibility index (Phi) is 4.90. The summed E-state index contributed by atoms with van der Waals surface area (Å²) in [4.78, 5) is 7.16. The lowest BCUT2D eigenvalue weighted by Crippen LogP contribution is -2.44. The van der Waals surface area contributed by atoms with Crippen LogP contribution in [0.4, 0.5) is 5.82 Å². The normalized spacial score (nSPS) is 17.1. The number of aromatic nitrogens is 1. The van der Waals surface area contributed by atoms with E-state index in [4.69, 9.17) is 5.26 Å². The van der Waals surface area contributed by atoms with Crippen LogP contribution in [0.1, 0.15) is 17.7 Å². The van der Waals surface area contributed by atoms with Gasteiger partial charge in [0, 0.05) is 19.1 Å². The summed E-state index contributed by atoms with van der Waals surface area (Å²) >= 11 is 2.93. The molecular weight excluding hydrogens is 316 g/mol. The fourth-order valence-electron chi connectivity index (χ4n) is 2.18. The molecule has 0 bridgehead atoms. The van der Waals surface area contributed by atoms with Gasteiger partial charge in [-0.25, -0.2) is 18.1 Å². The van der Waals surface area contributed by atoms with Gasteiger partial charge >= 0.3 is 0 Å². The number of hydrogen-bond donors (Lipinski definition) is 1. The first-order chi connectivity index (χ1) is 9.43. The second kappa shape index (κ2) is 6.30. The molecule has 1 N–H and O–H groups in total. The van der Waals surface area contributed by atoms with Crippen LogP contribution in [0.5, 0.6) is 0 Å². The summed E-state index contributed by atoms with van der Waals surface area (Å²) < 4.78 is 25.9. The van der Waals surface area contributed by atoms with Gasteiger partial charge in [0.15, 0.2) is 10.2 Å². The zero-order valence-electron chi connectivity index (χ0n) is 11.3. The molecule has 9 heteroatoms. The molecule has 110 valence electrons. The predicted molar refractivity (Wildman–Crippen MR) is 81.8 cm³/mol. The molecule has 1 aliphatic rings. The molecule has 2 rings (SSSR count). The lowest BCUT2D eigenvalue weighted by Gasteiger charge is -2.32. The van der Waals surface area contributed by atoms with Gasteiger partial charge in [0.25, 0.3) is 0 Å². The number of anilines is 1. The molecule has 1 saturated heterocycles. The third-order valence-corrected chi connectivity index (χ3v) is 5.74. The zero-order chi connectivity index (χ0) is 14.8. The molecule has 1 fully saturated rings. The summed E-state index contributed by atoms with van der Waals surface area (Å²) in [7, 11) is -3.16. The van der Waals surface area contributed by atoms with E-state index in [-0.39, 0.29) is 6.04 Å². The Morgan fingerprint density at radius 3 is 2.65 bits per heavy atom. The summed E-state index contributed by atoms with van der Waals surface area (Å²) in [5, 5.41) is 9.16. The molecule has 0 aromatic carbocycles. The first-order valence-corrected chi connectivity index (χ1v) is 10.0. The van der Waals surface area contributed by atoms with Crippen LogP contribution in [0.25, 0.3) is 0 Å². The number of nitriles is 1. The highest BCUT2D eigenvalue weighted by Crippen LogP contribution is 2.32. The van der Waals surface area contributed by atoms with Crippen molar-refractivity contribution in [3.8, 4) is 6.07 Å². The highest BCUT2D eigenvalue weighted by molar-refractivity contribution is 8.00. The molecule has 0 atom stereocenters. The third-order valence-electron chi connectivity index (χ3n) is 3.04. The van der Waals surface area contributed by atoms with Crippen molar-refractivity contribution in [2.75, 3.05) is 30.5 Å². The fourth-order valence-corrected chi connectivity index (χ4v) is 4.40. The maximum absolute atomic E-state index is 11.2. The van der Waals surface area contributed by atoms with Crippen molar-refractivity contribution in [3.05, 3.63) is 4.88 Å². The second-order valence-corrected chi connectivity index (χ2v) is 8.43. The van der Waals surface area contributed by atoms with Crippen molar-refractivity contribution < 1.29 is 8.42 Å². The molecule has 2 heterocycles. The second-order valence-electron chi connectivity index (χ2n) is 4.60. The number of rotatable bonds is 4. The van der Waals surface area contributed by atoms with Crippen molar-refractivity contribution in [1.82, 2.24) is 9.71 Å². The van der Waals surface area contributed by atoms with Gasteiger partial charge in [0.2, 0.25) is 10.0 Å². The molecule has 1 aromatic rings. The average molecular weight is 332 g/mol. The number of nitrogens with one attached hydrogen (secondary N) is 1. The van der Waals surface area contributed by atoms with E-state index in [1.54, 1.807) is 0 Å². The number of piperidine rings is 1. The van der Waals surface area contributed by atoms with Crippen LogP contribution >= 0.6 is 23.1 Å². The average Bonchev–Trinajstić information content (AvgIpc) is 2.81. The van der Waals surface area contributed by atoms with Crippen LogP contribution in [-0.4, -0.2) is 45.0 Å². The van der Waals surface area contributed by atoms with Crippen molar-refractivity contribution in [2.24, 2.45) is 0 Å². The number of hydrogen-bond acceptors (Lipinski definition) is 7. The Hall–Kier alpha value is -0.820. The number of nitrogens with zero attached hydrogens (tertiary/aromatic N) is 3. The predicted octanol–water partition coefficient (Wildman–Crippen LogP) is 1.25. The van der Waals surface area contributed by atoms with Gasteiger partial charge in [-0.1, -0.05) is 23.1 Å². The highest BCUT2D eigenvalue weighted by atomic mass is 32.2. The summed E-state index contributed by atoms with van der Waals surface area (Å²) in [6.45, 7) is 1.42.